The van der Waals surface area contributed by atoms with Gasteiger partial charge in [0.25, 0.3) is 0 Å². The molecule has 5 heterocycles. The van der Waals surface area contributed by atoms with Crippen molar-refractivity contribution in [2.45, 2.75) is 37.4 Å². The van der Waals surface area contributed by atoms with Crippen LogP contribution in [-0.4, -0.2) is 68.2 Å². The maximum atomic E-state index is 10.5. The number of H-pyrrole nitrogens is 1. The van der Waals surface area contributed by atoms with Gasteiger partial charge in [-0.2, -0.15) is 0 Å². The van der Waals surface area contributed by atoms with Gasteiger partial charge in [0.15, 0.2) is 0 Å². The molecule has 0 unspecified atom stereocenters. The monoisotopic (exact) mass is 490 g/mol. The van der Waals surface area contributed by atoms with Crippen molar-refractivity contribution in [1.29, 1.82) is 0 Å². The molecule has 4 aromatic rings. The molecule has 1 saturated heterocycles. The zero-order valence-electron chi connectivity index (χ0n) is 19.9. The van der Waals surface area contributed by atoms with E-state index in [1.165, 1.54) is 10.9 Å². The number of aliphatic hydroxyl groups excluding tert-OH is 1. The predicted octanol–water partition coefficient (Wildman–Crippen LogP) is 3.51. The zero-order valence-corrected chi connectivity index (χ0v) is 20.7. The van der Waals surface area contributed by atoms with Crippen LogP contribution < -0.4 is 4.74 Å². The lowest BCUT2D eigenvalue weighted by Crippen LogP contribution is -2.53. The summed E-state index contributed by atoms with van der Waals surface area (Å²) in [7, 11) is 1.70. The lowest BCUT2D eigenvalue weighted by Gasteiger charge is -2.50. The number of aromatic nitrogens is 4. The van der Waals surface area contributed by atoms with Crippen LogP contribution in [0.15, 0.2) is 48.5 Å². The summed E-state index contributed by atoms with van der Waals surface area (Å²) in [4.78, 5) is 21.5. The van der Waals surface area contributed by atoms with Crippen molar-refractivity contribution < 1.29 is 9.84 Å². The molecule has 2 aliphatic rings. The van der Waals surface area contributed by atoms with E-state index in [0.29, 0.717) is 0 Å². The highest BCUT2D eigenvalue weighted by atomic mass is 32.1. The Hall–Kier alpha value is -2.85. The van der Waals surface area contributed by atoms with Gasteiger partial charge in [0.2, 0.25) is 0 Å². The molecule has 3 aromatic heterocycles. The van der Waals surface area contributed by atoms with Gasteiger partial charge in [0, 0.05) is 70.7 Å². The van der Waals surface area contributed by atoms with E-state index in [1.807, 2.05) is 30.0 Å². The van der Waals surface area contributed by atoms with Gasteiger partial charge in [0.1, 0.15) is 17.1 Å². The first-order valence-corrected chi connectivity index (χ1v) is 13.0. The average molecular weight is 491 g/mol. The fraction of sp³-hybridized carbons (Fsp3) is 0.423. The lowest BCUT2D eigenvalue weighted by molar-refractivity contribution is 0.0419. The molecule has 8 nitrogen and oxygen atoms in total. The molecule has 1 aromatic carbocycles. The molecule has 0 radical (unpaired) electrons. The molecular formula is C26H30N6O2S. The molecule has 6 rings (SSSR count). The Kier molecular flexibility index (Phi) is 6.01. The van der Waals surface area contributed by atoms with Gasteiger partial charge in [-0.25, -0.2) is 15.0 Å². The molecule has 2 N–H and O–H groups in total. The molecule has 0 bridgehead atoms. The van der Waals surface area contributed by atoms with E-state index in [2.05, 4.69) is 41.9 Å². The number of rotatable bonds is 6. The Morgan fingerprint density at radius 1 is 1.20 bits per heavy atom. The Morgan fingerprint density at radius 3 is 2.74 bits per heavy atom. The van der Waals surface area contributed by atoms with Crippen LogP contribution in [0.1, 0.15) is 40.7 Å². The molecule has 182 valence electrons. The molecule has 0 aliphatic carbocycles. The first kappa shape index (κ1) is 22.6. The second-order valence-corrected chi connectivity index (χ2v) is 10.6. The molecule has 9 heteroatoms. The molecular weight excluding hydrogens is 460 g/mol. The molecule has 1 spiro atoms. The summed E-state index contributed by atoms with van der Waals surface area (Å²) in [5.74, 6) is 0.838. The number of thiazole rings is 1. The van der Waals surface area contributed by atoms with E-state index in [-0.39, 0.29) is 18.1 Å². The van der Waals surface area contributed by atoms with E-state index >= 15 is 0 Å². The van der Waals surface area contributed by atoms with Gasteiger partial charge < -0.3 is 14.8 Å². The lowest BCUT2D eigenvalue weighted by atomic mass is 9.68. The van der Waals surface area contributed by atoms with Crippen molar-refractivity contribution >= 4 is 22.2 Å². The molecule has 35 heavy (non-hydrogen) atoms. The average Bonchev–Trinajstić information content (AvgIpc) is 3.54. The molecule has 1 fully saturated rings. The molecule has 2 aliphatic heterocycles. The van der Waals surface area contributed by atoms with Crippen LogP contribution >= 0.6 is 11.3 Å². The number of nitrogens with zero attached hydrogens (tertiary/aromatic N) is 5. The van der Waals surface area contributed by atoms with E-state index in [1.54, 1.807) is 24.8 Å². The van der Waals surface area contributed by atoms with Crippen LogP contribution in [0.5, 0.6) is 5.75 Å². The van der Waals surface area contributed by atoms with Crippen LogP contribution in [0.2, 0.25) is 0 Å². The third kappa shape index (κ3) is 4.12. The Morgan fingerprint density at radius 2 is 2.03 bits per heavy atom. The molecule has 0 saturated carbocycles. The van der Waals surface area contributed by atoms with Gasteiger partial charge in [0.05, 0.1) is 26.3 Å². The SMILES string of the molecule is COc1ccc2c3c([nH]c2c1)[C@@H](CO)N(Cc1nccs1)CC31CCN(Cc2cncnc2)CC1. The number of piperidine rings is 1. The Balaban J connectivity index is 1.37. The van der Waals surface area contributed by atoms with Crippen LogP contribution in [0, 0.1) is 0 Å². The number of aliphatic hydroxyl groups is 1. The first-order valence-electron chi connectivity index (χ1n) is 12.1. The Labute approximate surface area is 208 Å². The Bertz CT molecular complexity index is 1280. The van der Waals surface area contributed by atoms with Gasteiger partial charge in [-0.15, -0.1) is 11.3 Å². The van der Waals surface area contributed by atoms with Crippen LogP contribution in [0.3, 0.4) is 0 Å². The number of likely N-dealkylation sites (tertiary alicyclic amines) is 1. The summed E-state index contributed by atoms with van der Waals surface area (Å²) in [6.07, 6.45) is 9.37. The number of benzene rings is 1. The van der Waals surface area contributed by atoms with Crippen LogP contribution in [0.4, 0.5) is 0 Å². The minimum absolute atomic E-state index is 0.00872. The number of methoxy groups -OCH3 is 1. The normalized spacial score (nSPS) is 20.3. The third-order valence-corrected chi connectivity index (χ3v) is 8.44. The summed E-state index contributed by atoms with van der Waals surface area (Å²) in [6.45, 7) is 4.60. The summed E-state index contributed by atoms with van der Waals surface area (Å²) in [6, 6.07) is 6.22. The van der Waals surface area contributed by atoms with Crippen LogP contribution in [-0.2, 0) is 18.5 Å². The number of nitrogens with one attached hydrogen (secondary N) is 1. The van der Waals surface area contributed by atoms with Gasteiger partial charge in [-0.1, -0.05) is 0 Å². The zero-order chi connectivity index (χ0) is 23.8. The maximum Gasteiger partial charge on any atom is 0.120 e. The number of fused-ring (bicyclic) bond motifs is 4. The number of hydrogen-bond acceptors (Lipinski definition) is 8. The minimum Gasteiger partial charge on any atom is -0.497 e. The topological polar surface area (TPSA) is 90.4 Å². The fourth-order valence-corrected chi connectivity index (χ4v) is 6.64. The second-order valence-electron chi connectivity index (χ2n) is 9.66. The number of ether oxygens (including phenoxy) is 1. The van der Waals surface area contributed by atoms with E-state index in [0.717, 1.165) is 73.1 Å². The molecule has 1 atom stereocenters. The number of aromatic amines is 1. The van der Waals surface area contributed by atoms with E-state index in [4.69, 9.17) is 4.74 Å². The van der Waals surface area contributed by atoms with Gasteiger partial charge in [-0.05, 0) is 43.6 Å². The fourth-order valence-electron chi connectivity index (χ4n) is 6.00. The smallest absolute Gasteiger partial charge is 0.120 e. The summed E-state index contributed by atoms with van der Waals surface area (Å²) in [5.41, 5.74) is 4.76. The second kappa shape index (κ2) is 9.31. The van der Waals surface area contributed by atoms with Gasteiger partial charge in [-0.3, -0.25) is 9.80 Å². The van der Waals surface area contributed by atoms with Crippen molar-refractivity contribution in [2.75, 3.05) is 33.4 Å². The van der Waals surface area contributed by atoms with Crippen molar-refractivity contribution in [2.24, 2.45) is 0 Å². The van der Waals surface area contributed by atoms with Crippen LogP contribution in [0.25, 0.3) is 10.9 Å². The largest absolute Gasteiger partial charge is 0.497 e. The van der Waals surface area contributed by atoms with Crippen molar-refractivity contribution in [1.82, 2.24) is 29.7 Å². The maximum absolute atomic E-state index is 10.5. The number of hydrogen-bond donors (Lipinski definition) is 2. The van der Waals surface area contributed by atoms with E-state index in [9.17, 15) is 5.11 Å². The quantitative estimate of drug-likeness (QED) is 0.427. The predicted molar refractivity (Wildman–Crippen MR) is 135 cm³/mol. The minimum atomic E-state index is -0.0857. The van der Waals surface area contributed by atoms with Gasteiger partial charge >= 0.3 is 0 Å². The van der Waals surface area contributed by atoms with Crippen molar-refractivity contribution in [3.63, 3.8) is 0 Å². The molecule has 0 amide bonds. The third-order valence-electron chi connectivity index (χ3n) is 7.67. The van der Waals surface area contributed by atoms with Crippen molar-refractivity contribution in [3.05, 3.63) is 70.3 Å². The standard InChI is InChI=1S/C26H30N6O2S/c1-34-19-2-3-20-21(10-19)30-25-22(15-33)32(14-23-29-6-9-35-23)16-26(24(20)25)4-7-31(8-5-26)13-18-11-27-17-28-12-18/h2-3,6,9-12,17,22,30,33H,4-5,7-8,13-16H2,1H3/t22-/m1/s1. The summed E-state index contributed by atoms with van der Waals surface area (Å²) in [5, 5.41) is 14.9. The summed E-state index contributed by atoms with van der Waals surface area (Å²) < 4.78 is 5.50. The highest BCUT2D eigenvalue weighted by Gasteiger charge is 2.47. The highest BCUT2D eigenvalue weighted by molar-refractivity contribution is 7.09. The first-order chi connectivity index (χ1) is 17.2. The van der Waals surface area contributed by atoms with Crippen molar-refractivity contribution in [3.8, 4) is 5.75 Å². The summed E-state index contributed by atoms with van der Waals surface area (Å²) >= 11 is 1.68. The van der Waals surface area contributed by atoms with E-state index < -0.39 is 0 Å². The highest BCUT2D eigenvalue weighted by Crippen LogP contribution is 2.49.